The number of aliphatic imine (C=N–C) groups is 1. The second kappa shape index (κ2) is 7.27. The Balaban J connectivity index is 1.66. The molecule has 2 atom stereocenters. The van der Waals surface area contributed by atoms with Gasteiger partial charge in [0.1, 0.15) is 17.4 Å². The molecule has 1 aliphatic heterocycles. The highest BCUT2D eigenvalue weighted by Crippen LogP contribution is 2.35. The van der Waals surface area contributed by atoms with Gasteiger partial charge in [-0.15, -0.1) is 0 Å². The van der Waals surface area contributed by atoms with E-state index < -0.39 is 18.0 Å². The van der Waals surface area contributed by atoms with Crippen molar-refractivity contribution in [2.75, 3.05) is 12.4 Å². The van der Waals surface area contributed by atoms with Crippen LogP contribution in [-0.2, 0) is 4.79 Å². The molecule has 2 heterocycles. The number of benzene rings is 2. The lowest BCUT2D eigenvalue weighted by molar-refractivity contribution is -0.118. The van der Waals surface area contributed by atoms with Gasteiger partial charge >= 0.3 is 6.03 Å². The zero-order chi connectivity index (χ0) is 20.5. The normalized spacial score (nSPS) is 18.8. The number of hydrogen-bond donors (Lipinski definition) is 4. The molecule has 2 aromatic carbocycles. The van der Waals surface area contributed by atoms with Crippen LogP contribution < -0.4 is 15.4 Å². The average molecular weight is 393 g/mol. The third-order valence-electron chi connectivity index (χ3n) is 4.90. The van der Waals surface area contributed by atoms with E-state index in [-0.39, 0.29) is 11.7 Å². The van der Waals surface area contributed by atoms with Gasteiger partial charge in [0.05, 0.1) is 24.9 Å². The second-order valence-electron chi connectivity index (χ2n) is 6.74. The maximum Gasteiger partial charge on any atom is 0.341 e. The standard InChI is InChI=1S/C20H19N5O4/c1-10-17(19(27)23-12-3-6-15-11(7-12)9-21-25-15)18(24-20(28)22-10)14-5-4-13(29-2)8-16(14)26/h3-9,17-18,26H,1-2H3,(H,21,25)(H,23,27)(H,24,28). The summed E-state index contributed by atoms with van der Waals surface area (Å²) in [6, 6.07) is 8.74. The number of nitrogens with one attached hydrogen (secondary N) is 3. The lowest BCUT2D eigenvalue weighted by Crippen LogP contribution is -2.45. The zero-order valence-corrected chi connectivity index (χ0v) is 15.8. The summed E-state index contributed by atoms with van der Waals surface area (Å²) in [5, 5.41) is 23.6. The number of fused-ring (bicyclic) bond motifs is 1. The van der Waals surface area contributed by atoms with Gasteiger partial charge in [-0.05, 0) is 37.3 Å². The molecule has 4 N–H and O–H groups in total. The molecule has 0 saturated carbocycles. The molecule has 1 aliphatic rings. The van der Waals surface area contributed by atoms with Crippen LogP contribution in [0.4, 0.5) is 10.5 Å². The zero-order valence-electron chi connectivity index (χ0n) is 15.8. The monoisotopic (exact) mass is 393 g/mol. The molecular weight excluding hydrogens is 374 g/mol. The SMILES string of the molecule is COc1ccc(C2NC(=O)N=C(C)C2C(=O)Nc2ccc3[nH]ncc3c2)c(O)c1. The van der Waals surface area contributed by atoms with E-state index >= 15 is 0 Å². The van der Waals surface area contributed by atoms with Crippen molar-refractivity contribution in [2.24, 2.45) is 10.9 Å². The van der Waals surface area contributed by atoms with E-state index in [0.717, 1.165) is 10.9 Å². The predicted molar refractivity (Wildman–Crippen MR) is 107 cm³/mol. The Hall–Kier alpha value is -3.88. The van der Waals surface area contributed by atoms with Gasteiger partial charge in [-0.3, -0.25) is 9.89 Å². The van der Waals surface area contributed by atoms with Crippen LogP contribution in [0.15, 0.2) is 47.6 Å². The summed E-state index contributed by atoms with van der Waals surface area (Å²) in [7, 11) is 1.49. The van der Waals surface area contributed by atoms with Crippen LogP contribution in [0.5, 0.6) is 11.5 Å². The molecule has 0 spiro atoms. The van der Waals surface area contributed by atoms with Crippen LogP contribution in [-0.4, -0.2) is 40.1 Å². The molecular formula is C20H19N5O4. The Morgan fingerprint density at radius 1 is 1.24 bits per heavy atom. The number of phenols is 1. The van der Waals surface area contributed by atoms with Gasteiger partial charge in [-0.2, -0.15) is 5.10 Å². The summed E-state index contributed by atoms with van der Waals surface area (Å²) < 4.78 is 5.10. The molecule has 0 bridgehead atoms. The summed E-state index contributed by atoms with van der Waals surface area (Å²) in [5.74, 6) is -0.767. The van der Waals surface area contributed by atoms with Crippen molar-refractivity contribution in [1.29, 1.82) is 0 Å². The number of rotatable bonds is 4. The van der Waals surface area contributed by atoms with Crippen LogP contribution in [0.1, 0.15) is 18.5 Å². The number of nitrogens with zero attached hydrogens (tertiary/aromatic N) is 2. The van der Waals surface area contributed by atoms with Gasteiger partial charge in [0.15, 0.2) is 0 Å². The van der Waals surface area contributed by atoms with Crippen LogP contribution in [0.3, 0.4) is 0 Å². The number of aromatic hydroxyl groups is 1. The van der Waals surface area contributed by atoms with Gasteiger partial charge in [0.2, 0.25) is 5.91 Å². The number of aromatic nitrogens is 2. The molecule has 1 aromatic heterocycles. The minimum atomic E-state index is -0.799. The highest BCUT2D eigenvalue weighted by molar-refractivity contribution is 6.13. The lowest BCUT2D eigenvalue weighted by Gasteiger charge is -2.30. The minimum Gasteiger partial charge on any atom is -0.507 e. The molecule has 0 fully saturated rings. The Labute approximate surface area is 165 Å². The van der Waals surface area contributed by atoms with Crippen molar-refractivity contribution in [1.82, 2.24) is 15.5 Å². The smallest absolute Gasteiger partial charge is 0.341 e. The number of carbonyl (C=O) groups is 2. The van der Waals surface area contributed by atoms with Crippen molar-refractivity contribution >= 4 is 34.2 Å². The summed E-state index contributed by atoms with van der Waals surface area (Å²) in [5.41, 5.74) is 2.20. The van der Waals surface area contributed by atoms with Crippen molar-refractivity contribution in [3.63, 3.8) is 0 Å². The summed E-state index contributed by atoms with van der Waals surface area (Å²) >= 11 is 0. The van der Waals surface area contributed by atoms with E-state index in [2.05, 4.69) is 25.8 Å². The van der Waals surface area contributed by atoms with Crippen molar-refractivity contribution < 1.29 is 19.4 Å². The van der Waals surface area contributed by atoms with Gasteiger partial charge in [0, 0.05) is 28.4 Å². The first kappa shape index (κ1) is 18.5. The van der Waals surface area contributed by atoms with Gasteiger partial charge in [-0.1, -0.05) is 0 Å². The number of phenolic OH excluding ortho intramolecular Hbond substituents is 1. The maximum atomic E-state index is 13.1. The number of methoxy groups -OCH3 is 1. The van der Waals surface area contributed by atoms with Gasteiger partial charge < -0.3 is 20.5 Å². The fraction of sp³-hybridized carbons (Fsp3) is 0.200. The first-order valence-electron chi connectivity index (χ1n) is 8.93. The number of anilines is 1. The van der Waals surface area contributed by atoms with Crippen LogP contribution in [0.25, 0.3) is 10.9 Å². The molecule has 29 heavy (non-hydrogen) atoms. The Morgan fingerprint density at radius 2 is 2.07 bits per heavy atom. The quantitative estimate of drug-likeness (QED) is 0.542. The maximum absolute atomic E-state index is 13.1. The van der Waals surface area contributed by atoms with Gasteiger partial charge in [0.25, 0.3) is 0 Å². The number of amides is 3. The lowest BCUT2D eigenvalue weighted by atomic mass is 9.87. The topological polar surface area (TPSA) is 129 Å². The molecule has 0 saturated heterocycles. The van der Waals surface area contributed by atoms with E-state index in [9.17, 15) is 14.7 Å². The Kier molecular flexibility index (Phi) is 4.63. The van der Waals surface area contributed by atoms with E-state index in [4.69, 9.17) is 4.74 Å². The number of urea groups is 1. The summed E-state index contributed by atoms with van der Waals surface area (Å²) in [4.78, 5) is 29.0. The molecule has 3 aromatic rings. The van der Waals surface area contributed by atoms with E-state index in [1.807, 2.05) is 6.07 Å². The van der Waals surface area contributed by atoms with Gasteiger partial charge in [-0.25, -0.2) is 9.79 Å². The number of carbonyl (C=O) groups excluding carboxylic acids is 2. The van der Waals surface area contributed by atoms with Crippen LogP contribution >= 0.6 is 0 Å². The number of hydrogen-bond acceptors (Lipinski definition) is 5. The number of H-pyrrole nitrogens is 1. The van der Waals surface area contributed by atoms with Crippen LogP contribution in [0, 0.1) is 5.92 Å². The molecule has 0 aliphatic carbocycles. The van der Waals surface area contributed by atoms with E-state index in [1.165, 1.54) is 13.2 Å². The van der Waals surface area contributed by atoms with E-state index in [1.54, 1.807) is 37.4 Å². The summed E-state index contributed by atoms with van der Waals surface area (Å²) in [6.45, 7) is 1.62. The average Bonchev–Trinajstić information content (AvgIpc) is 3.14. The van der Waals surface area contributed by atoms with E-state index in [0.29, 0.717) is 22.7 Å². The minimum absolute atomic E-state index is 0.0815. The van der Waals surface area contributed by atoms with Crippen molar-refractivity contribution in [3.8, 4) is 11.5 Å². The summed E-state index contributed by atoms with van der Waals surface area (Å²) in [6.07, 6.45) is 1.66. The molecule has 3 amide bonds. The second-order valence-corrected chi connectivity index (χ2v) is 6.74. The third kappa shape index (κ3) is 3.49. The first-order valence-corrected chi connectivity index (χ1v) is 8.93. The fourth-order valence-corrected chi connectivity index (χ4v) is 3.47. The largest absolute Gasteiger partial charge is 0.507 e. The molecule has 9 nitrogen and oxygen atoms in total. The van der Waals surface area contributed by atoms with Crippen molar-refractivity contribution in [3.05, 3.63) is 48.2 Å². The number of ether oxygens (including phenoxy) is 1. The Bertz CT molecular complexity index is 1140. The molecule has 148 valence electrons. The highest BCUT2D eigenvalue weighted by Gasteiger charge is 2.38. The predicted octanol–water partition coefficient (Wildman–Crippen LogP) is 2.76. The number of aromatic amines is 1. The third-order valence-corrected chi connectivity index (χ3v) is 4.90. The fourth-order valence-electron chi connectivity index (χ4n) is 3.47. The first-order chi connectivity index (χ1) is 14.0. The molecule has 0 radical (unpaired) electrons. The van der Waals surface area contributed by atoms with Crippen molar-refractivity contribution in [2.45, 2.75) is 13.0 Å². The highest BCUT2D eigenvalue weighted by atomic mass is 16.5. The van der Waals surface area contributed by atoms with Crippen LogP contribution in [0.2, 0.25) is 0 Å². The molecule has 2 unspecified atom stereocenters. The molecule has 9 heteroatoms. The molecule has 4 rings (SSSR count). The Morgan fingerprint density at radius 3 is 2.83 bits per heavy atom.